The second kappa shape index (κ2) is 6.60. The molecular formula is C23H26N+. The first-order chi connectivity index (χ1) is 14.6. The standard InChI is InChI=1S/C23H26N/c1-6-19-13-23(24(5)15-18(19)4)22-14-21(16(2)12-17(22)3)20-10-8-7-9-11-20/h7-15H,6H2,1-5H3/q+1/i2D3,4D3,6D2. The zero-order valence-electron chi connectivity index (χ0n) is 22.1. The lowest BCUT2D eigenvalue weighted by atomic mass is 9.92. The van der Waals surface area contributed by atoms with Crippen molar-refractivity contribution in [2.24, 2.45) is 7.05 Å². The molecule has 0 saturated heterocycles. The fourth-order valence-corrected chi connectivity index (χ4v) is 2.96. The quantitative estimate of drug-likeness (QED) is 0.573. The number of nitrogens with zero attached hydrogens (tertiary/aromatic N) is 1. The predicted molar refractivity (Wildman–Crippen MR) is 102 cm³/mol. The van der Waals surface area contributed by atoms with E-state index < -0.39 is 20.1 Å². The van der Waals surface area contributed by atoms with Crippen LogP contribution in [0.15, 0.2) is 54.7 Å². The first kappa shape index (κ1) is 9.17. The van der Waals surface area contributed by atoms with Crippen LogP contribution in [0.2, 0.25) is 0 Å². The SMILES string of the molecule is [2H]C([2H])([2H])c1cc(C)c(-c2cc(C([2H])([2H])C)c(C([2H])([2H])[2H])c[n+]2C)cc1-c1ccccc1. The Morgan fingerprint density at radius 1 is 0.958 bits per heavy atom. The minimum Gasteiger partial charge on any atom is -0.201 e. The van der Waals surface area contributed by atoms with Gasteiger partial charge in [0, 0.05) is 28.2 Å². The molecule has 2 aromatic carbocycles. The molecular weight excluding hydrogens is 290 g/mol. The maximum atomic E-state index is 8.20. The van der Waals surface area contributed by atoms with Gasteiger partial charge < -0.3 is 0 Å². The molecule has 1 aromatic heterocycles. The normalized spacial score (nSPS) is 17.5. The summed E-state index contributed by atoms with van der Waals surface area (Å²) in [5.41, 5.74) is 3.61. The van der Waals surface area contributed by atoms with Crippen molar-refractivity contribution in [3.8, 4) is 22.4 Å². The van der Waals surface area contributed by atoms with E-state index in [1.807, 2.05) is 30.3 Å². The highest BCUT2D eigenvalue weighted by molar-refractivity contribution is 5.75. The van der Waals surface area contributed by atoms with Crippen LogP contribution in [0.1, 0.15) is 40.1 Å². The summed E-state index contributed by atoms with van der Waals surface area (Å²) in [5, 5.41) is 0. The average molecular weight is 325 g/mol. The molecule has 0 fully saturated rings. The minimum absolute atomic E-state index is 0.0451. The van der Waals surface area contributed by atoms with Crippen LogP contribution in [-0.2, 0) is 13.4 Å². The molecule has 24 heavy (non-hydrogen) atoms. The van der Waals surface area contributed by atoms with Gasteiger partial charge in [-0.15, -0.1) is 0 Å². The van der Waals surface area contributed by atoms with E-state index in [1.165, 1.54) is 13.1 Å². The van der Waals surface area contributed by atoms with Gasteiger partial charge in [0.2, 0.25) is 5.69 Å². The Morgan fingerprint density at radius 3 is 2.38 bits per heavy atom. The molecule has 0 bridgehead atoms. The van der Waals surface area contributed by atoms with E-state index in [-0.39, 0.29) is 16.7 Å². The van der Waals surface area contributed by atoms with Crippen molar-refractivity contribution in [1.29, 1.82) is 0 Å². The summed E-state index contributed by atoms with van der Waals surface area (Å²) in [5.74, 6) is 0. The Hall–Kier alpha value is -2.41. The van der Waals surface area contributed by atoms with Crippen LogP contribution >= 0.6 is 0 Å². The topological polar surface area (TPSA) is 3.88 Å². The van der Waals surface area contributed by atoms with Gasteiger partial charge in [0.15, 0.2) is 6.20 Å². The monoisotopic (exact) mass is 324 g/mol. The van der Waals surface area contributed by atoms with Crippen LogP contribution < -0.4 is 4.57 Å². The summed E-state index contributed by atoms with van der Waals surface area (Å²) in [6.07, 6.45) is -0.431. The van der Waals surface area contributed by atoms with Crippen molar-refractivity contribution >= 4 is 0 Å². The van der Waals surface area contributed by atoms with E-state index in [0.717, 1.165) is 5.56 Å². The number of rotatable bonds is 3. The van der Waals surface area contributed by atoms with Crippen LogP contribution in [0.4, 0.5) is 0 Å². The summed E-state index contributed by atoms with van der Waals surface area (Å²) in [6.45, 7) is -1.64. The molecule has 3 aromatic rings. The Labute approximate surface area is 156 Å². The third-order valence-electron chi connectivity index (χ3n) is 4.27. The van der Waals surface area contributed by atoms with Crippen molar-refractivity contribution in [1.82, 2.24) is 0 Å². The van der Waals surface area contributed by atoms with Gasteiger partial charge in [-0.2, -0.15) is 0 Å². The molecule has 0 aliphatic rings. The fourth-order valence-electron chi connectivity index (χ4n) is 2.96. The highest BCUT2D eigenvalue weighted by atomic mass is 14.9. The van der Waals surface area contributed by atoms with Crippen molar-refractivity contribution in [2.45, 2.75) is 33.9 Å². The van der Waals surface area contributed by atoms with Crippen LogP contribution in [0.5, 0.6) is 0 Å². The molecule has 122 valence electrons. The van der Waals surface area contributed by atoms with E-state index in [4.69, 9.17) is 11.0 Å². The summed E-state index contributed by atoms with van der Waals surface area (Å²) in [4.78, 5) is 0. The first-order valence-corrected chi connectivity index (χ1v) is 7.86. The van der Waals surface area contributed by atoms with Crippen LogP contribution in [-0.4, -0.2) is 0 Å². The Kier molecular flexibility index (Phi) is 2.52. The van der Waals surface area contributed by atoms with Crippen LogP contribution in [0, 0.1) is 20.6 Å². The zero-order chi connectivity index (χ0) is 24.1. The van der Waals surface area contributed by atoms with Gasteiger partial charge in [0.1, 0.15) is 7.05 Å². The molecule has 1 heteroatoms. The molecule has 0 unspecified atom stereocenters. The Morgan fingerprint density at radius 2 is 1.71 bits per heavy atom. The fraction of sp³-hybridized carbons (Fsp3) is 0.261. The molecule has 0 saturated carbocycles. The largest absolute Gasteiger partial charge is 0.212 e. The van der Waals surface area contributed by atoms with Gasteiger partial charge in [-0.1, -0.05) is 43.3 Å². The number of aryl methyl sites for hydroxylation is 5. The molecule has 0 N–H and O–H groups in total. The molecule has 0 spiro atoms. The van der Waals surface area contributed by atoms with Crippen LogP contribution in [0.3, 0.4) is 0 Å². The van der Waals surface area contributed by atoms with Crippen molar-refractivity contribution in [2.75, 3.05) is 0 Å². The van der Waals surface area contributed by atoms with Gasteiger partial charge in [0.25, 0.3) is 0 Å². The highest BCUT2D eigenvalue weighted by Gasteiger charge is 2.17. The summed E-state index contributed by atoms with van der Waals surface area (Å²) < 4.78 is 65.6. The van der Waals surface area contributed by atoms with Crippen molar-refractivity contribution in [3.05, 3.63) is 77.0 Å². The molecule has 1 heterocycles. The molecule has 0 aliphatic carbocycles. The van der Waals surface area contributed by atoms with E-state index >= 15 is 0 Å². The number of pyridine rings is 1. The molecule has 0 radical (unpaired) electrons. The summed E-state index contributed by atoms with van der Waals surface area (Å²) in [7, 11) is 1.71. The molecule has 1 nitrogen and oxygen atoms in total. The lowest BCUT2D eigenvalue weighted by molar-refractivity contribution is -0.660. The smallest absolute Gasteiger partial charge is 0.201 e. The summed E-state index contributed by atoms with van der Waals surface area (Å²) >= 11 is 0. The maximum Gasteiger partial charge on any atom is 0.212 e. The van der Waals surface area contributed by atoms with Crippen molar-refractivity contribution in [3.63, 3.8) is 0 Å². The Bertz CT molecular complexity index is 1140. The molecule has 3 rings (SSSR count). The first-order valence-electron chi connectivity index (χ1n) is 11.9. The maximum absolute atomic E-state index is 8.20. The van der Waals surface area contributed by atoms with Gasteiger partial charge >= 0.3 is 0 Å². The third kappa shape index (κ3) is 2.99. The third-order valence-corrected chi connectivity index (χ3v) is 4.27. The molecule has 0 atom stereocenters. The van der Waals surface area contributed by atoms with Crippen molar-refractivity contribution < 1.29 is 15.5 Å². The van der Waals surface area contributed by atoms with Gasteiger partial charge in [-0.05, 0) is 60.9 Å². The molecule has 0 amide bonds. The Balaban J connectivity index is 2.36. The van der Waals surface area contributed by atoms with Crippen LogP contribution in [0.25, 0.3) is 22.4 Å². The second-order valence-electron chi connectivity index (χ2n) is 5.93. The van der Waals surface area contributed by atoms with Gasteiger partial charge in [0.05, 0.1) is 0 Å². The van der Waals surface area contributed by atoms with E-state index in [9.17, 15) is 0 Å². The lowest BCUT2D eigenvalue weighted by Crippen LogP contribution is -2.31. The summed E-state index contributed by atoms with van der Waals surface area (Å²) in [6, 6.07) is 14.2. The average Bonchev–Trinajstić information content (AvgIpc) is 2.66. The number of benzene rings is 2. The molecule has 0 aliphatic heterocycles. The number of hydrogen-bond acceptors (Lipinski definition) is 0. The highest BCUT2D eigenvalue weighted by Crippen LogP contribution is 2.31. The van der Waals surface area contributed by atoms with Gasteiger partial charge in [-0.3, -0.25) is 0 Å². The van der Waals surface area contributed by atoms with E-state index in [2.05, 4.69) is 0 Å². The number of aromatic nitrogens is 1. The predicted octanol–water partition coefficient (Wildman–Crippen LogP) is 5.33. The van der Waals surface area contributed by atoms with E-state index in [1.54, 1.807) is 36.7 Å². The zero-order valence-corrected chi connectivity index (χ0v) is 14.1. The second-order valence-corrected chi connectivity index (χ2v) is 5.93. The minimum atomic E-state index is -2.47. The van der Waals surface area contributed by atoms with E-state index in [0.29, 0.717) is 22.4 Å². The van der Waals surface area contributed by atoms with Gasteiger partial charge in [-0.25, -0.2) is 4.57 Å². The number of hydrogen-bond donors (Lipinski definition) is 0. The lowest BCUT2D eigenvalue weighted by Gasteiger charge is -2.13.